The van der Waals surface area contributed by atoms with Gasteiger partial charge in [0, 0.05) is 35.9 Å². The number of rotatable bonds is 6. The van der Waals surface area contributed by atoms with Crippen molar-refractivity contribution in [1.29, 1.82) is 0 Å². The first kappa shape index (κ1) is 16.2. The Hall–Kier alpha value is -2.66. The third-order valence-electron chi connectivity index (χ3n) is 3.88. The summed E-state index contributed by atoms with van der Waals surface area (Å²) in [4.78, 5) is 4.70. The highest BCUT2D eigenvalue weighted by Gasteiger charge is 2.05. The summed E-state index contributed by atoms with van der Waals surface area (Å²) in [5, 5.41) is 16.4. The standard InChI is InChI=1S/C19H20FN3O/c1-21-15-5-2-13(3-6-15)18-8-4-14-10-16(7-9-19(14)23-18)22-12-17(24)11-20/h2-10,17,21-22,24H,11-12H2,1H3. The number of pyridine rings is 1. The number of anilines is 2. The van der Waals surface area contributed by atoms with Crippen molar-refractivity contribution < 1.29 is 9.50 Å². The summed E-state index contributed by atoms with van der Waals surface area (Å²) < 4.78 is 12.3. The molecule has 0 amide bonds. The lowest BCUT2D eigenvalue weighted by Gasteiger charge is -2.10. The van der Waals surface area contributed by atoms with Crippen LogP contribution in [0.2, 0.25) is 0 Å². The lowest BCUT2D eigenvalue weighted by molar-refractivity contribution is 0.151. The fourth-order valence-corrected chi connectivity index (χ4v) is 2.49. The molecule has 2 aromatic carbocycles. The molecule has 24 heavy (non-hydrogen) atoms. The number of nitrogens with one attached hydrogen (secondary N) is 2. The van der Waals surface area contributed by atoms with Gasteiger partial charge in [-0.2, -0.15) is 0 Å². The molecule has 1 aromatic heterocycles. The van der Waals surface area contributed by atoms with E-state index in [9.17, 15) is 9.50 Å². The number of hydrogen-bond donors (Lipinski definition) is 3. The van der Waals surface area contributed by atoms with Crippen molar-refractivity contribution in [3.05, 3.63) is 54.6 Å². The average molecular weight is 325 g/mol. The SMILES string of the molecule is CNc1ccc(-c2ccc3cc(NCC(O)CF)ccc3n2)cc1. The van der Waals surface area contributed by atoms with Gasteiger partial charge in [0.1, 0.15) is 6.67 Å². The van der Waals surface area contributed by atoms with E-state index >= 15 is 0 Å². The first-order chi connectivity index (χ1) is 11.7. The monoisotopic (exact) mass is 325 g/mol. The van der Waals surface area contributed by atoms with Gasteiger partial charge in [0.25, 0.3) is 0 Å². The second-order valence-corrected chi connectivity index (χ2v) is 5.62. The predicted molar refractivity (Wildman–Crippen MR) is 97.2 cm³/mol. The number of fused-ring (bicyclic) bond motifs is 1. The normalized spacial score (nSPS) is 12.1. The Morgan fingerprint density at radius 3 is 2.50 bits per heavy atom. The maximum absolute atomic E-state index is 12.3. The van der Waals surface area contributed by atoms with E-state index in [1.807, 2.05) is 61.6 Å². The largest absolute Gasteiger partial charge is 0.389 e. The number of alkyl halides is 1. The fourth-order valence-electron chi connectivity index (χ4n) is 2.49. The lowest BCUT2D eigenvalue weighted by atomic mass is 10.1. The van der Waals surface area contributed by atoms with Gasteiger partial charge in [-0.1, -0.05) is 18.2 Å². The van der Waals surface area contributed by atoms with E-state index in [-0.39, 0.29) is 6.54 Å². The summed E-state index contributed by atoms with van der Waals surface area (Å²) in [5.74, 6) is 0. The van der Waals surface area contributed by atoms with Gasteiger partial charge in [0.2, 0.25) is 0 Å². The maximum atomic E-state index is 12.3. The van der Waals surface area contributed by atoms with Crippen LogP contribution in [0, 0.1) is 0 Å². The molecule has 0 bridgehead atoms. The van der Waals surface area contributed by atoms with Gasteiger partial charge in [0.05, 0.1) is 17.3 Å². The van der Waals surface area contributed by atoms with Crippen LogP contribution in [-0.2, 0) is 0 Å². The molecule has 1 unspecified atom stereocenters. The molecule has 3 aromatic rings. The molecule has 0 saturated heterocycles. The van der Waals surface area contributed by atoms with Gasteiger partial charge >= 0.3 is 0 Å². The number of nitrogens with zero attached hydrogens (tertiary/aromatic N) is 1. The molecule has 0 aliphatic rings. The summed E-state index contributed by atoms with van der Waals surface area (Å²) in [6, 6.07) is 17.9. The second kappa shape index (κ2) is 7.27. The van der Waals surface area contributed by atoms with Crippen molar-refractivity contribution in [2.24, 2.45) is 0 Å². The Kier molecular flexibility index (Phi) is 4.91. The van der Waals surface area contributed by atoms with Crippen LogP contribution in [0.5, 0.6) is 0 Å². The van der Waals surface area contributed by atoms with E-state index in [1.165, 1.54) is 0 Å². The highest BCUT2D eigenvalue weighted by molar-refractivity contribution is 5.84. The van der Waals surface area contributed by atoms with Crippen LogP contribution in [0.15, 0.2) is 54.6 Å². The number of aromatic nitrogens is 1. The number of halogens is 1. The highest BCUT2D eigenvalue weighted by atomic mass is 19.1. The van der Waals surface area contributed by atoms with E-state index in [4.69, 9.17) is 4.98 Å². The fraction of sp³-hybridized carbons (Fsp3) is 0.211. The Balaban J connectivity index is 1.83. The number of aliphatic hydroxyl groups is 1. The molecule has 4 nitrogen and oxygen atoms in total. The van der Waals surface area contributed by atoms with Gasteiger partial charge in [0.15, 0.2) is 0 Å². The van der Waals surface area contributed by atoms with E-state index in [0.29, 0.717) is 0 Å². The minimum Gasteiger partial charge on any atom is -0.389 e. The van der Waals surface area contributed by atoms with Crippen LogP contribution < -0.4 is 10.6 Å². The van der Waals surface area contributed by atoms with E-state index in [2.05, 4.69) is 10.6 Å². The molecule has 0 saturated carbocycles. The van der Waals surface area contributed by atoms with Crippen molar-refractivity contribution in [1.82, 2.24) is 4.98 Å². The second-order valence-electron chi connectivity index (χ2n) is 5.62. The van der Waals surface area contributed by atoms with Gasteiger partial charge in [-0.05, 0) is 36.4 Å². The molecule has 0 aliphatic heterocycles. The van der Waals surface area contributed by atoms with E-state index in [0.717, 1.165) is 33.5 Å². The van der Waals surface area contributed by atoms with Crippen molar-refractivity contribution in [3.63, 3.8) is 0 Å². The van der Waals surface area contributed by atoms with Crippen molar-refractivity contribution >= 4 is 22.3 Å². The van der Waals surface area contributed by atoms with Gasteiger partial charge in [-0.25, -0.2) is 9.37 Å². The topological polar surface area (TPSA) is 57.2 Å². The molecule has 3 rings (SSSR count). The van der Waals surface area contributed by atoms with Crippen LogP contribution in [0.25, 0.3) is 22.2 Å². The zero-order valence-electron chi connectivity index (χ0n) is 13.5. The van der Waals surface area contributed by atoms with Crippen molar-refractivity contribution in [2.75, 3.05) is 30.9 Å². The van der Waals surface area contributed by atoms with Gasteiger partial charge in [-0.3, -0.25) is 0 Å². The Bertz CT molecular complexity index is 820. The van der Waals surface area contributed by atoms with Crippen LogP contribution in [-0.4, -0.2) is 36.5 Å². The Morgan fingerprint density at radius 2 is 1.79 bits per heavy atom. The number of hydrogen-bond acceptors (Lipinski definition) is 4. The zero-order chi connectivity index (χ0) is 16.9. The Morgan fingerprint density at radius 1 is 1.04 bits per heavy atom. The molecular formula is C19H20FN3O. The molecule has 0 spiro atoms. The van der Waals surface area contributed by atoms with E-state index in [1.54, 1.807) is 0 Å². The Labute approximate surface area is 140 Å². The van der Waals surface area contributed by atoms with E-state index < -0.39 is 12.8 Å². The quantitative estimate of drug-likeness (QED) is 0.647. The molecular weight excluding hydrogens is 305 g/mol. The van der Waals surface area contributed by atoms with Crippen molar-refractivity contribution in [2.45, 2.75) is 6.10 Å². The average Bonchev–Trinajstić information content (AvgIpc) is 2.65. The summed E-state index contributed by atoms with van der Waals surface area (Å²) in [6.45, 7) is -0.566. The first-order valence-electron chi connectivity index (χ1n) is 7.86. The van der Waals surface area contributed by atoms with Crippen molar-refractivity contribution in [3.8, 4) is 11.3 Å². The summed E-state index contributed by atoms with van der Waals surface area (Å²) in [5.41, 5.74) is 4.76. The zero-order valence-corrected chi connectivity index (χ0v) is 13.5. The highest BCUT2D eigenvalue weighted by Crippen LogP contribution is 2.24. The lowest BCUT2D eigenvalue weighted by Crippen LogP contribution is -2.21. The maximum Gasteiger partial charge on any atom is 0.117 e. The van der Waals surface area contributed by atoms with Crippen LogP contribution in [0.3, 0.4) is 0 Å². The van der Waals surface area contributed by atoms with Crippen LogP contribution in [0.1, 0.15) is 0 Å². The van der Waals surface area contributed by atoms with Gasteiger partial charge < -0.3 is 15.7 Å². The number of benzene rings is 2. The third-order valence-corrected chi connectivity index (χ3v) is 3.88. The smallest absolute Gasteiger partial charge is 0.117 e. The molecule has 1 heterocycles. The predicted octanol–water partition coefficient (Wildman–Crippen LogP) is 3.69. The number of aliphatic hydroxyl groups excluding tert-OH is 1. The minimum absolute atomic E-state index is 0.186. The first-order valence-corrected chi connectivity index (χ1v) is 7.86. The minimum atomic E-state index is -0.984. The molecule has 0 radical (unpaired) electrons. The molecule has 0 fully saturated rings. The summed E-state index contributed by atoms with van der Waals surface area (Å²) in [6.07, 6.45) is -0.984. The molecule has 0 aliphatic carbocycles. The molecule has 3 N–H and O–H groups in total. The molecule has 124 valence electrons. The van der Waals surface area contributed by atoms with Crippen LogP contribution >= 0.6 is 0 Å². The molecule has 1 atom stereocenters. The summed E-state index contributed by atoms with van der Waals surface area (Å²) >= 11 is 0. The third kappa shape index (κ3) is 3.63. The van der Waals surface area contributed by atoms with Crippen LogP contribution in [0.4, 0.5) is 15.8 Å². The van der Waals surface area contributed by atoms with Gasteiger partial charge in [-0.15, -0.1) is 0 Å². The molecule has 5 heteroatoms. The summed E-state index contributed by atoms with van der Waals surface area (Å²) in [7, 11) is 1.89.